The number of ether oxygens (including phenoxy) is 1. The molecular weight excluding hydrogens is 406 g/mol. The van der Waals surface area contributed by atoms with E-state index < -0.39 is 0 Å². The van der Waals surface area contributed by atoms with Gasteiger partial charge in [0.2, 0.25) is 5.95 Å². The molecule has 3 aromatic carbocycles. The summed E-state index contributed by atoms with van der Waals surface area (Å²) in [6.45, 7) is 2.45. The van der Waals surface area contributed by atoms with Gasteiger partial charge in [-0.25, -0.2) is 10.4 Å². The maximum atomic E-state index is 12.4. The number of benzene rings is 3. The fourth-order valence-corrected chi connectivity index (χ4v) is 3.09. The molecule has 4 aromatic rings. The molecule has 1 aromatic heterocycles. The Morgan fingerprint density at radius 3 is 2.62 bits per heavy atom. The Morgan fingerprint density at radius 1 is 1.06 bits per heavy atom. The number of amides is 1. The van der Waals surface area contributed by atoms with Crippen LogP contribution < -0.4 is 21.0 Å². The minimum absolute atomic E-state index is 0.224. The van der Waals surface area contributed by atoms with Crippen LogP contribution in [0.3, 0.4) is 0 Å². The summed E-state index contributed by atoms with van der Waals surface area (Å²) in [6.07, 6.45) is 1.54. The number of H-pyrrole nitrogens is 1. The van der Waals surface area contributed by atoms with E-state index in [0.717, 1.165) is 5.56 Å². The first-order chi connectivity index (χ1) is 15.6. The van der Waals surface area contributed by atoms with Crippen LogP contribution >= 0.6 is 0 Å². The van der Waals surface area contributed by atoms with Gasteiger partial charge in [-0.1, -0.05) is 24.3 Å². The van der Waals surface area contributed by atoms with Gasteiger partial charge in [0.05, 0.1) is 23.7 Å². The standard InChI is InChI=1S/C24H21N5O3/c1-2-32-21-10-6-3-7-17(21)15-25-29-22(30)16-11-13-18(14-12-16)26-24-27-20-9-5-4-8-19(20)23(31)28-24/h3-15H,2H2,1H3,(H,29,30)(H2,26,27,28,31)/b25-15-. The van der Waals surface area contributed by atoms with Gasteiger partial charge in [-0.05, 0) is 55.5 Å². The monoisotopic (exact) mass is 427 g/mol. The van der Waals surface area contributed by atoms with E-state index in [1.165, 1.54) is 0 Å². The third-order valence-electron chi connectivity index (χ3n) is 4.61. The molecule has 160 valence electrons. The van der Waals surface area contributed by atoms with Crippen molar-refractivity contribution in [3.8, 4) is 5.75 Å². The number of para-hydroxylation sites is 2. The Bertz CT molecular complexity index is 1330. The highest BCUT2D eigenvalue weighted by molar-refractivity contribution is 5.95. The second-order valence-electron chi connectivity index (χ2n) is 6.80. The number of rotatable bonds is 7. The number of nitrogens with one attached hydrogen (secondary N) is 3. The van der Waals surface area contributed by atoms with Crippen molar-refractivity contribution in [1.29, 1.82) is 0 Å². The van der Waals surface area contributed by atoms with Gasteiger partial charge in [0, 0.05) is 16.8 Å². The summed E-state index contributed by atoms with van der Waals surface area (Å²) in [5, 5.41) is 7.59. The van der Waals surface area contributed by atoms with E-state index in [2.05, 4.69) is 25.8 Å². The molecular formula is C24H21N5O3. The molecule has 8 heteroatoms. The second kappa shape index (κ2) is 9.57. The lowest BCUT2D eigenvalue weighted by Crippen LogP contribution is -2.17. The molecule has 0 aliphatic rings. The minimum atomic E-state index is -0.348. The van der Waals surface area contributed by atoms with Crippen LogP contribution in [0.5, 0.6) is 5.75 Å². The molecule has 0 spiro atoms. The number of carbonyl (C=O) groups excluding carboxylic acids is 1. The maximum absolute atomic E-state index is 12.4. The Morgan fingerprint density at radius 2 is 1.81 bits per heavy atom. The molecule has 1 heterocycles. The van der Waals surface area contributed by atoms with Gasteiger partial charge in [0.15, 0.2) is 0 Å². The first kappa shape index (κ1) is 20.8. The lowest BCUT2D eigenvalue weighted by atomic mass is 10.2. The maximum Gasteiger partial charge on any atom is 0.271 e. The average molecular weight is 427 g/mol. The van der Waals surface area contributed by atoms with Crippen LogP contribution in [0, 0.1) is 0 Å². The SMILES string of the molecule is CCOc1ccccc1/C=N\NC(=O)c1ccc(Nc2nc3ccccc3c(=O)[nH]2)cc1. The quantitative estimate of drug-likeness (QED) is 0.307. The van der Waals surface area contributed by atoms with Gasteiger partial charge in [0.1, 0.15) is 5.75 Å². The lowest BCUT2D eigenvalue weighted by Gasteiger charge is -2.07. The zero-order valence-corrected chi connectivity index (χ0v) is 17.3. The van der Waals surface area contributed by atoms with Gasteiger partial charge in [-0.15, -0.1) is 0 Å². The van der Waals surface area contributed by atoms with Crippen molar-refractivity contribution in [3.05, 3.63) is 94.3 Å². The molecule has 8 nitrogen and oxygen atoms in total. The third kappa shape index (κ3) is 4.81. The van der Waals surface area contributed by atoms with Gasteiger partial charge in [-0.2, -0.15) is 5.10 Å². The fourth-order valence-electron chi connectivity index (χ4n) is 3.09. The average Bonchev–Trinajstić information content (AvgIpc) is 2.81. The molecule has 0 aliphatic carbocycles. The van der Waals surface area contributed by atoms with Crippen molar-refractivity contribution in [2.24, 2.45) is 5.10 Å². The number of carbonyl (C=O) groups is 1. The molecule has 0 saturated heterocycles. The van der Waals surface area contributed by atoms with Crippen molar-refractivity contribution in [1.82, 2.24) is 15.4 Å². The molecule has 0 saturated carbocycles. The van der Waals surface area contributed by atoms with Gasteiger partial charge < -0.3 is 10.1 Å². The van der Waals surface area contributed by atoms with Crippen LogP contribution in [0.1, 0.15) is 22.8 Å². The van der Waals surface area contributed by atoms with E-state index in [4.69, 9.17) is 4.74 Å². The highest BCUT2D eigenvalue weighted by Gasteiger charge is 2.07. The first-order valence-corrected chi connectivity index (χ1v) is 10.1. The van der Waals surface area contributed by atoms with Crippen LogP contribution in [0.2, 0.25) is 0 Å². The van der Waals surface area contributed by atoms with Crippen molar-refractivity contribution in [2.75, 3.05) is 11.9 Å². The molecule has 32 heavy (non-hydrogen) atoms. The zero-order chi connectivity index (χ0) is 22.3. The number of anilines is 2. The Labute approximate surface area is 184 Å². The van der Waals surface area contributed by atoms with E-state index in [1.807, 2.05) is 37.3 Å². The summed E-state index contributed by atoms with van der Waals surface area (Å²) < 4.78 is 5.53. The lowest BCUT2D eigenvalue weighted by molar-refractivity contribution is 0.0955. The highest BCUT2D eigenvalue weighted by Crippen LogP contribution is 2.16. The summed E-state index contributed by atoms with van der Waals surface area (Å²) in [5.74, 6) is 0.672. The number of hydrogen-bond donors (Lipinski definition) is 3. The molecule has 0 atom stereocenters. The zero-order valence-electron chi connectivity index (χ0n) is 17.3. The molecule has 1 amide bonds. The van der Waals surface area contributed by atoms with Gasteiger partial charge in [-0.3, -0.25) is 14.6 Å². The van der Waals surface area contributed by atoms with Crippen LogP contribution in [0.15, 0.2) is 82.7 Å². The van der Waals surface area contributed by atoms with Crippen LogP contribution in [0.4, 0.5) is 11.6 Å². The van der Waals surface area contributed by atoms with Crippen molar-refractivity contribution < 1.29 is 9.53 Å². The van der Waals surface area contributed by atoms with E-state index in [1.54, 1.807) is 48.7 Å². The summed E-state index contributed by atoms with van der Waals surface area (Å²) in [5.41, 5.74) is 4.76. The second-order valence-corrected chi connectivity index (χ2v) is 6.80. The predicted octanol–water partition coefficient (Wildman–Crippen LogP) is 3.83. The van der Waals surface area contributed by atoms with Gasteiger partial charge in [0.25, 0.3) is 11.5 Å². The third-order valence-corrected chi connectivity index (χ3v) is 4.61. The number of aromatic amines is 1. The first-order valence-electron chi connectivity index (χ1n) is 10.1. The number of hydrazone groups is 1. The van der Waals surface area contributed by atoms with E-state index in [0.29, 0.717) is 40.5 Å². The summed E-state index contributed by atoms with van der Waals surface area (Å²) in [7, 11) is 0. The number of hydrogen-bond acceptors (Lipinski definition) is 6. The topological polar surface area (TPSA) is 108 Å². The van der Waals surface area contributed by atoms with Crippen molar-refractivity contribution in [3.63, 3.8) is 0 Å². The van der Waals surface area contributed by atoms with Crippen molar-refractivity contribution in [2.45, 2.75) is 6.92 Å². The van der Waals surface area contributed by atoms with Crippen molar-refractivity contribution >= 4 is 34.7 Å². The summed E-state index contributed by atoms with van der Waals surface area (Å²) in [6, 6.07) is 21.3. The Kier molecular flexibility index (Phi) is 6.22. The Balaban J connectivity index is 1.41. The molecule has 0 unspecified atom stereocenters. The normalized spacial score (nSPS) is 10.9. The molecule has 0 fully saturated rings. The van der Waals surface area contributed by atoms with Crippen LogP contribution in [-0.2, 0) is 0 Å². The minimum Gasteiger partial charge on any atom is -0.493 e. The molecule has 0 radical (unpaired) electrons. The number of nitrogens with zero attached hydrogens (tertiary/aromatic N) is 2. The molecule has 0 bridgehead atoms. The number of aromatic nitrogens is 2. The largest absolute Gasteiger partial charge is 0.493 e. The summed E-state index contributed by atoms with van der Waals surface area (Å²) in [4.78, 5) is 31.7. The molecule has 4 rings (SSSR count). The van der Waals surface area contributed by atoms with Gasteiger partial charge >= 0.3 is 0 Å². The molecule has 0 aliphatic heterocycles. The van der Waals surface area contributed by atoms with Crippen LogP contribution in [-0.4, -0.2) is 28.7 Å². The van der Waals surface area contributed by atoms with E-state index in [-0.39, 0.29) is 11.5 Å². The predicted molar refractivity (Wildman–Crippen MR) is 125 cm³/mol. The van der Waals surface area contributed by atoms with E-state index >= 15 is 0 Å². The Hall–Kier alpha value is -4.46. The molecule has 3 N–H and O–H groups in total. The fraction of sp³-hybridized carbons (Fsp3) is 0.0833. The van der Waals surface area contributed by atoms with Crippen LogP contribution in [0.25, 0.3) is 10.9 Å². The smallest absolute Gasteiger partial charge is 0.271 e. The van der Waals surface area contributed by atoms with E-state index in [9.17, 15) is 9.59 Å². The summed E-state index contributed by atoms with van der Waals surface area (Å²) >= 11 is 0. The number of fused-ring (bicyclic) bond motifs is 1. The highest BCUT2D eigenvalue weighted by atomic mass is 16.5.